The maximum atomic E-state index is 14.2. The molecular formula is C30H48B2NO7P. The summed E-state index contributed by atoms with van der Waals surface area (Å²) in [6.07, 6.45) is 5.89. The molecule has 0 saturated heterocycles. The fourth-order valence-electron chi connectivity index (χ4n) is 4.89. The maximum absolute atomic E-state index is 14.2. The zero-order valence-corrected chi connectivity index (χ0v) is 27.2. The number of allylic oxidation sites excluding steroid dienone is 3. The average Bonchev–Trinajstić information content (AvgIpc) is 2.86. The third-order valence-corrected chi connectivity index (χ3v) is 9.54. The second-order valence-corrected chi connectivity index (χ2v) is 14.2. The Labute approximate surface area is 248 Å². The molecule has 0 saturated carbocycles. The van der Waals surface area contributed by atoms with Crippen LogP contribution >= 0.6 is 7.52 Å². The Hall–Kier alpha value is -2.44. The fraction of sp³-hybridized carbons (Fsp3) is 0.600. The molecule has 0 aliphatic heterocycles. The van der Waals surface area contributed by atoms with Crippen molar-refractivity contribution in [3.05, 3.63) is 47.1 Å². The van der Waals surface area contributed by atoms with E-state index in [9.17, 15) is 19.3 Å². The first-order chi connectivity index (χ1) is 19.0. The zero-order chi connectivity index (χ0) is 31.1. The van der Waals surface area contributed by atoms with Crippen molar-refractivity contribution >= 4 is 34.9 Å². The first kappa shape index (κ1) is 34.8. The number of hydrogen-bond donors (Lipinski definition) is 2. The summed E-state index contributed by atoms with van der Waals surface area (Å²) in [5.74, 6) is -0.871. The molecule has 0 fully saturated rings. The Kier molecular flexibility index (Phi) is 12.4. The Morgan fingerprint density at radius 3 is 2.46 bits per heavy atom. The third kappa shape index (κ3) is 9.54. The van der Waals surface area contributed by atoms with Crippen molar-refractivity contribution < 1.29 is 33.3 Å². The van der Waals surface area contributed by atoms with Gasteiger partial charge in [-0.2, -0.15) is 0 Å². The summed E-state index contributed by atoms with van der Waals surface area (Å²) in [4.78, 5) is 25.7. The average molecular weight is 587 g/mol. The molecule has 1 aromatic rings. The van der Waals surface area contributed by atoms with Gasteiger partial charge in [0.05, 0.1) is 28.4 Å². The molecule has 41 heavy (non-hydrogen) atoms. The van der Waals surface area contributed by atoms with Gasteiger partial charge in [0.2, 0.25) is 0 Å². The lowest BCUT2D eigenvalue weighted by molar-refractivity contribution is -0.149. The van der Waals surface area contributed by atoms with Crippen LogP contribution < -0.4 is 9.61 Å². The predicted molar refractivity (Wildman–Crippen MR) is 170 cm³/mol. The van der Waals surface area contributed by atoms with Crippen molar-refractivity contribution in [3.63, 3.8) is 0 Å². The third-order valence-electron chi connectivity index (χ3n) is 7.75. The number of hydrogen-bond acceptors (Lipinski definition) is 7. The number of benzene rings is 1. The van der Waals surface area contributed by atoms with E-state index in [-0.39, 0.29) is 35.2 Å². The minimum Gasteiger partial charge on any atom is -0.507 e. The molecule has 4 atom stereocenters. The van der Waals surface area contributed by atoms with E-state index in [2.05, 4.69) is 40.4 Å². The van der Waals surface area contributed by atoms with Crippen LogP contribution in [-0.2, 0) is 25.3 Å². The number of rotatable bonds is 14. The van der Waals surface area contributed by atoms with Crippen molar-refractivity contribution in [1.82, 2.24) is 5.09 Å². The summed E-state index contributed by atoms with van der Waals surface area (Å²) < 4.78 is 30.7. The lowest BCUT2D eigenvalue weighted by Crippen LogP contribution is -2.37. The second-order valence-electron chi connectivity index (χ2n) is 12.3. The summed E-state index contributed by atoms with van der Waals surface area (Å²) >= 11 is 0. The molecule has 0 heterocycles. The van der Waals surface area contributed by atoms with E-state index in [1.165, 1.54) is 6.92 Å². The Morgan fingerprint density at radius 1 is 1.24 bits per heavy atom. The van der Waals surface area contributed by atoms with Crippen LogP contribution in [0.4, 0.5) is 4.79 Å². The van der Waals surface area contributed by atoms with E-state index >= 15 is 0 Å². The van der Waals surface area contributed by atoms with Gasteiger partial charge in [-0.05, 0) is 84.4 Å². The van der Waals surface area contributed by atoms with Crippen LogP contribution in [0.2, 0.25) is 5.21 Å². The van der Waals surface area contributed by atoms with Gasteiger partial charge in [-0.25, -0.2) is 14.4 Å². The quantitative estimate of drug-likeness (QED) is 0.122. The maximum Gasteiger partial charge on any atom is 0.424 e. The number of phenolic OH excluding ortho intramolecular Hbond substituents is 1. The van der Waals surface area contributed by atoms with Crippen LogP contribution in [0.3, 0.4) is 0 Å². The van der Waals surface area contributed by atoms with Crippen molar-refractivity contribution in [2.45, 2.75) is 104 Å². The minimum absolute atomic E-state index is 0.00307. The smallest absolute Gasteiger partial charge is 0.424 e. The number of ether oxygens (including phenoxy) is 2. The SMILES string of the molecule is BC(B)(CC)CCc1cc(O)c(C2C=C(C)CCC2C(=C)C)c(OP(=O)(NC(C)C(=O)OC(C)C)C(=O)OCC)c1. The molecule has 0 radical (unpaired) electrons. The van der Waals surface area contributed by atoms with Crippen molar-refractivity contribution in [2.75, 3.05) is 6.61 Å². The van der Waals surface area contributed by atoms with E-state index in [1.807, 2.05) is 13.8 Å². The van der Waals surface area contributed by atoms with Gasteiger partial charge in [-0.1, -0.05) is 48.8 Å². The van der Waals surface area contributed by atoms with Gasteiger partial charge < -0.3 is 19.1 Å². The normalized spacial score (nSPS) is 19.6. The highest BCUT2D eigenvalue weighted by Crippen LogP contribution is 2.53. The van der Waals surface area contributed by atoms with Gasteiger partial charge >= 0.3 is 19.2 Å². The predicted octanol–water partition coefficient (Wildman–Crippen LogP) is 5.79. The van der Waals surface area contributed by atoms with Crippen molar-refractivity contribution in [1.29, 1.82) is 0 Å². The molecule has 0 aromatic heterocycles. The van der Waals surface area contributed by atoms with Crippen LogP contribution in [-0.4, -0.2) is 51.2 Å². The molecule has 0 spiro atoms. The molecule has 1 aliphatic rings. The van der Waals surface area contributed by atoms with Gasteiger partial charge in [-0.15, -0.1) is 0 Å². The fourth-order valence-corrected chi connectivity index (χ4v) is 6.47. The van der Waals surface area contributed by atoms with Crippen LogP contribution in [0.5, 0.6) is 11.5 Å². The lowest BCUT2D eigenvalue weighted by atomic mass is 9.51. The molecule has 0 amide bonds. The van der Waals surface area contributed by atoms with Crippen molar-refractivity contribution in [2.24, 2.45) is 5.92 Å². The van der Waals surface area contributed by atoms with Gasteiger partial charge in [0.25, 0.3) is 0 Å². The topological polar surface area (TPSA) is 111 Å². The molecule has 1 aromatic carbocycles. The van der Waals surface area contributed by atoms with E-state index in [0.717, 1.165) is 42.4 Å². The van der Waals surface area contributed by atoms with Gasteiger partial charge in [0.1, 0.15) is 17.5 Å². The number of esters is 1. The molecular weight excluding hydrogens is 539 g/mol. The number of aromatic hydroxyl groups is 1. The number of carbonyl (C=O) groups excluding carboxylic acids is 2. The van der Waals surface area contributed by atoms with Gasteiger partial charge in [-0.3, -0.25) is 4.79 Å². The van der Waals surface area contributed by atoms with E-state index in [1.54, 1.807) is 32.9 Å². The molecule has 1 aliphatic carbocycles. The number of carbonyl (C=O) groups is 2. The lowest BCUT2D eigenvalue weighted by Gasteiger charge is -2.33. The molecule has 2 rings (SSSR count). The van der Waals surface area contributed by atoms with E-state index < -0.39 is 31.3 Å². The van der Waals surface area contributed by atoms with Crippen LogP contribution in [0.25, 0.3) is 0 Å². The van der Waals surface area contributed by atoms with E-state index in [4.69, 9.17) is 14.0 Å². The molecule has 4 unspecified atom stereocenters. The molecule has 11 heteroatoms. The van der Waals surface area contributed by atoms with Gasteiger partial charge in [0, 0.05) is 11.5 Å². The largest absolute Gasteiger partial charge is 0.507 e. The summed E-state index contributed by atoms with van der Waals surface area (Å²) in [6.45, 7) is 16.7. The monoisotopic (exact) mass is 587 g/mol. The first-order valence-electron chi connectivity index (χ1n) is 14.7. The first-order valence-corrected chi connectivity index (χ1v) is 16.3. The Bertz CT molecular complexity index is 1200. The summed E-state index contributed by atoms with van der Waals surface area (Å²) in [5, 5.41) is 14.1. The van der Waals surface area contributed by atoms with Crippen LogP contribution in [0.1, 0.15) is 91.2 Å². The molecule has 0 bridgehead atoms. The summed E-state index contributed by atoms with van der Waals surface area (Å²) in [5.41, 5.74) is 2.21. The van der Waals surface area contributed by atoms with Crippen LogP contribution in [0.15, 0.2) is 35.9 Å². The van der Waals surface area contributed by atoms with Crippen LogP contribution in [0, 0.1) is 5.92 Å². The second kappa shape index (κ2) is 14.6. The molecule has 2 N–H and O–H groups in total. The number of nitrogens with one attached hydrogen (secondary N) is 1. The highest BCUT2D eigenvalue weighted by atomic mass is 31.2. The highest BCUT2D eigenvalue weighted by molar-refractivity contribution is 7.74. The Balaban J connectivity index is 2.69. The molecule has 226 valence electrons. The van der Waals surface area contributed by atoms with Crippen molar-refractivity contribution in [3.8, 4) is 11.5 Å². The zero-order valence-electron chi connectivity index (χ0n) is 26.3. The molecule has 8 nitrogen and oxygen atoms in total. The Morgan fingerprint density at radius 2 is 1.90 bits per heavy atom. The standard InChI is InChI=1S/C30H48B2NO7P/c1-9-30(31,32)14-13-22-16-25(34)27(24-15-20(7)11-12-23(24)18(3)4)26(17-22)40-41(37,29(36)38-10-2)33-21(8)28(35)39-19(5)6/h15-17,19,21,23-24,34H,3,9-14,31-32H2,1-2,4-8H3,(H,33,37). The number of phenols is 1. The van der Waals surface area contributed by atoms with Gasteiger partial charge in [0.15, 0.2) is 0 Å². The summed E-state index contributed by atoms with van der Waals surface area (Å²) in [7, 11) is -0.137. The number of aryl methyl sites for hydroxylation is 1. The highest BCUT2D eigenvalue weighted by Gasteiger charge is 2.42. The minimum atomic E-state index is -4.50. The van der Waals surface area contributed by atoms with E-state index in [0.29, 0.717) is 12.0 Å². The summed E-state index contributed by atoms with van der Waals surface area (Å²) in [6, 6.07) is 2.35.